The molecule has 0 bridgehead atoms. The first-order valence-electron chi connectivity index (χ1n) is 5.41. The minimum atomic E-state index is -1.07. The zero-order valence-corrected chi connectivity index (χ0v) is 10.0. The zero-order chi connectivity index (χ0) is 12.2. The van der Waals surface area contributed by atoms with Gasteiger partial charge in [0, 0.05) is 27.1 Å². The normalized spacial score (nSPS) is 21.2. The molecular formula is C11H19FO4. The summed E-state index contributed by atoms with van der Waals surface area (Å²) < 4.78 is 28.2. The standard InChI is InChI=1S/C11H19FO4/c1-4-5-16-9(13)10(8-12)6-11(7-10,14-2)15-3/h4-8H2,1-3H3. The molecule has 0 spiro atoms. The fourth-order valence-corrected chi connectivity index (χ4v) is 1.99. The van der Waals surface area contributed by atoms with Crippen LogP contribution in [-0.4, -0.2) is 39.3 Å². The monoisotopic (exact) mass is 234 g/mol. The van der Waals surface area contributed by atoms with E-state index in [4.69, 9.17) is 14.2 Å². The van der Waals surface area contributed by atoms with Crippen molar-refractivity contribution in [1.82, 2.24) is 0 Å². The second kappa shape index (κ2) is 5.10. The van der Waals surface area contributed by atoms with E-state index in [0.29, 0.717) is 6.61 Å². The number of hydrogen-bond donors (Lipinski definition) is 0. The van der Waals surface area contributed by atoms with Gasteiger partial charge in [0.15, 0.2) is 5.79 Å². The van der Waals surface area contributed by atoms with E-state index in [1.807, 2.05) is 6.92 Å². The molecule has 16 heavy (non-hydrogen) atoms. The lowest BCUT2D eigenvalue weighted by atomic mass is 9.65. The Morgan fingerprint density at radius 1 is 1.31 bits per heavy atom. The van der Waals surface area contributed by atoms with Crippen molar-refractivity contribution in [3.05, 3.63) is 0 Å². The second-order valence-electron chi connectivity index (χ2n) is 4.22. The molecular weight excluding hydrogens is 215 g/mol. The first kappa shape index (κ1) is 13.4. The van der Waals surface area contributed by atoms with Gasteiger partial charge in [0.2, 0.25) is 0 Å². The third kappa shape index (κ3) is 2.20. The topological polar surface area (TPSA) is 44.8 Å². The van der Waals surface area contributed by atoms with Gasteiger partial charge in [0.05, 0.1) is 6.61 Å². The molecule has 1 saturated carbocycles. The molecule has 0 aliphatic heterocycles. The number of alkyl halides is 1. The van der Waals surface area contributed by atoms with Crippen LogP contribution in [0.5, 0.6) is 0 Å². The van der Waals surface area contributed by atoms with Crippen LogP contribution in [0.3, 0.4) is 0 Å². The predicted molar refractivity (Wildman–Crippen MR) is 55.6 cm³/mol. The molecule has 0 aromatic rings. The van der Waals surface area contributed by atoms with Crippen LogP contribution < -0.4 is 0 Å². The van der Waals surface area contributed by atoms with Gasteiger partial charge in [-0.2, -0.15) is 0 Å². The molecule has 1 aliphatic rings. The highest BCUT2D eigenvalue weighted by Gasteiger charge is 2.61. The smallest absolute Gasteiger partial charge is 0.315 e. The third-order valence-electron chi connectivity index (χ3n) is 3.09. The summed E-state index contributed by atoms with van der Waals surface area (Å²) in [6, 6.07) is 0. The highest BCUT2D eigenvalue weighted by atomic mass is 19.1. The van der Waals surface area contributed by atoms with E-state index in [2.05, 4.69) is 0 Å². The number of methoxy groups -OCH3 is 2. The van der Waals surface area contributed by atoms with Crippen LogP contribution in [-0.2, 0) is 19.0 Å². The van der Waals surface area contributed by atoms with Gasteiger partial charge in [-0.3, -0.25) is 4.79 Å². The van der Waals surface area contributed by atoms with Gasteiger partial charge in [-0.05, 0) is 6.42 Å². The van der Waals surface area contributed by atoms with Crippen LogP contribution in [0.2, 0.25) is 0 Å². The van der Waals surface area contributed by atoms with Gasteiger partial charge < -0.3 is 14.2 Å². The number of rotatable bonds is 6. The van der Waals surface area contributed by atoms with E-state index in [0.717, 1.165) is 6.42 Å². The molecule has 1 aliphatic carbocycles. The Morgan fingerprint density at radius 3 is 2.25 bits per heavy atom. The van der Waals surface area contributed by atoms with Crippen LogP contribution in [0.1, 0.15) is 26.2 Å². The molecule has 5 heteroatoms. The number of halogens is 1. The minimum absolute atomic E-state index is 0.214. The number of carbonyl (C=O) groups excluding carboxylic acids is 1. The molecule has 0 heterocycles. The Balaban J connectivity index is 2.59. The van der Waals surface area contributed by atoms with Crippen molar-refractivity contribution in [2.45, 2.75) is 32.0 Å². The van der Waals surface area contributed by atoms with E-state index >= 15 is 0 Å². The maximum atomic E-state index is 13.0. The van der Waals surface area contributed by atoms with Crippen molar-refractivity contribution in [3.8, 4) is 0 Å². The van der Waals surface area contributed by atoms with Gasteiger partial charge in [-0.1, -0.05) is 6.92 Å². The largest absolute Gasteiger partial charge is 0.465 e. The van der Waals surface area contributed by atoms with E-state index in [1.54, 1.807) is 0 Å². The Kier molecular flexibility index (Phi) is 4.27. The first-order chi connectivity index (χ1) is 7.58. The van der Waals surface area contributed by atoms with E-state index < -0.39 is 23.8 Å². The first-order valence-corrected chi connectivity index (χ1v) is 5.41. The van der Waals surface area contributed by atoms with Gasteiger partial charge in [-0.15, -0.1) is 0 Å². The van der Waals surface area contributed by atoms with Crippen molar-refractivity contribution >= 4 is 5.97 Å². The van der Waals surface area contributed by atoms with Crippen molar-refractivity contribution in [2.75, 3.05) is 27.5 Å². The molecule has 0 unspecified atom stereocenters. The van der Waals surface area contributed by atoms with Crippen LogP contribution in [0, 0.1) is 5.41 Å². The molecule has 0 aromatic heterocycles. The molecule has 4 nitrogen and oxygen atoms in total. The number of esters is 1. The minimum Gasteiger partial charge on any atom is -0.465 e. The zero-order valence-electron chi connectivity index (χ0n) is 10.0. The van der Waals surface area contributed by atoms with Gasteiger partial charge >= 0.3 is 5.97 Å². The van der Waals surface area contributed by atoms with Crippen molar-refractivity contribution in [2.24, 2.45) is 5.41 Å². The highest BCUT2D eigenvalue weighted by molar-refractivity contribution is 5.78. The lowest BCUT2D eigenvalue weighted by Gasteiger charge is -2.50. The Hall–Kier alpha value is -0.680. The molecule has 94 valence electrons. The molecule has 0 amide bonds. The second-order valence-corrected chi connectivity index (χ2v) is 4.22. The van der Waals surface area contributed by atoms with E-state index in [1.165, 1.54) is 14.2 Å². The summed E-state index contributed by atoms with van der Waals surface area (Å²) in [7, 11) is 2.98. The molecule has 0 saturated heterocycles. The third-order valence-corrected chi connectivity index (χ3v) is 3.09. The fraction of sp³-hybridized carbons (Fsp3) is 0.909. The Bertz CT molecular complexity index is 242. The van der Waals surface area contributed by atoms with Crippen molar-refractivity contribution < 1.29 is 23.4 Å². The molecule has 1 fully saturated rings. The maximum Gasteiger partial charge on any atom is 0.315 e. The quantitative estimate of drug-likeness (QED) is 0.518. The molecule has 1 rings (SSSR count). The lowest BCUT2D eigenvalue weighted by molar-refractivity contribution is -0.297. The summed E-state index contributed by atoms with van der Waals surface area (Å²) in [6.07, 6.45) is 1.16. The fourth-order valence-electron chi connectivity index (χ4n) is 1.99. The summed E-state index contributed by atoms with van der Waals surface area (Å²) in [6.45, 7) is 1.49. The lowest BCUT2D eigenvalue weighted by Crippen LogP contribution is -2.59. The summed E-state index contributed by atoms with van der Waals surface area (Å²) in [4.78, 5) is 11.7. The Morgan fingerprint density at radius 2 is 1.88 bits per heavy atom. The summed E-state index contributed by atoms with van der Waals surface area (Å²) in [5, 5.41) is 0. The van der Waals surface area contributed by atoms with Gasteiger partial charge in [0.25, 0.3) is 0 Å². The van der Waals surface area contributed by atoms with Gasteiger partial charge in [-0.25, -0.2) is 4.39 Å². The van der Waals surface area contributed by atoms with E-state index in [9.17, 15) is 9.18 Å². The Labute approximate surface area is 95.1 Å². The van der Waals surface area contributed by atoms with Crippen LogP contribution in [0.25, 0.3) is 0 Å². The summed E-state index contributed by atoms with van der Waals surface area (Å²) in [5.41, 5.74) is -1.07. The van der Waals surface area contributed by atoms with E-state index in [-0.39, 0.29) is 12.8 Å². The molecule has 0 N–H and O–H groups in total. The van der Waals surface area contributed by atoms with Crippen LogP contribution in [0.15, 0.2) is 0 Å². The number of ether oxygens (including phenoxy) is 3. The van der Waals surface area contributed by atoms with Crippen LogP contribution in [0.4, 0.5) is 4.39 Å². The predicted octanol–water partition coefficient (Wildman–Crippen LogP) is 1.68. The van der Waals surface area contributed by atoms with Gasteiger partial charge in [0.1, 0.15) is 12.1 Å². The number of hydrogen-bond acceptors (Lipinski definition) is 4. The average Bonchev–Trinajstić information content (AvgIpc) is 2.27. The molecule has 0 atom stereocenters. The molecule has 0 aromatic carbocycles. The maximum absolute atomic E-state index is 13.0. The average molecular weight is 234 g/mol. The van der Waals surface area contributed by atoms with Crippen molar-refractivity contribution in [3.63, 3.8) is 0 Å². The molecule has 0 radical (unpaired) electrons. The highest BCUT2D eigenvalue weighted by Crippen LogP contribution is 2.51. The number of carbonyl (C=O) groups is 1. The summed E-state index contributed by atoms with van der Waals surface area (Å²) >= 11 is 0. The SMILES string of the molecule is CCCOC(=O)C1(CF)CC(OC)(OC)C1. The van der Waals surface area contributed by atoms with Crippen LogP contribution >= 0.6 is 0 Å². The summed E-state index contributed by atoms with van der Waals surface area (Å²) in [5.74, 6) is -1.31. The van der Waals surface area contributed by atoms with Crippen molar-refractivity contribution in [1.29, 1.82) is 0 Å².